The van der Waals surface area contributed by atoms with Crippen molar-refractivity contribution >= 4 is 37.8 Å². The average Bonchev–Trinajstić information content (AvgIpc) is 2.79. The van der Waals surface area contributed by atoms with E-state index in [1.807, 2.05) is 31.2 Å². The minimum absolute atomic E-state index is 0.0394. The molecular formula is C14H13Br2NO2. The lowest BCUT2D eigenvalue weighted by molar-refractivity contribution is 0.0911. The predicted octanol–water partition coefficient (Wildman–Crippen LogP) is 4.17. The molecule has 3 nitrogen and oxygen atoms in total. The van der Waals surface area contributed by atoms with Gasteiger partial charge in [-0.05, 0) is 59.1 Å². The highest BCUT2D eigenvalue weighted by Gasteiger charge is 2.13. The molecule has 5 heteroatoms. The summed E-state index contributed by atoms with van der Waals surface area (Å²) in [6.07, 6.45) is 0.779. The van der Waals surface area contributed by atoms with Crippen molar-refractivity contribution in [2.75, 3.05) is 0 Å². The third kappa shape index (κ3) is 4.21. The Morgan fingerprint density at radius 3 is 2.47 bits per heavy atom. The maximum absolute atomic E-state index is 11.9. The molecule has 0 aliphatic rings. The van der Waals surface area contributed by atoms with Crippen LogP contribution in [0.5, 0.6) is 0 Å². The van der Waals surface area contributed by atoms with Crippen LogP contribution in [-0.4, -0.2) is 11.9 Å². The van der Waals surface area contributed by atoms with Crippen LogP contribution in [0.15, 0.2) is 50.0 Å². The van der Waals surface area contributed by atoms with E-state index in [1.165, 1.54) is 5.56 Å². The summed E-state index contributed by atoms with van der Waals surface area (Å²) in [6.45, 7) is 1.97. The molecule has 0 bridgehead atoms. The molecule has 2 aromatic rings. The van der Waals surface area contributed by atoms with Crippen LogP contribution in [0.3, 0.4) is 0 Å². The predicted molar refractivity (Wildman–Crippen MR) is 81.2 cm³/mol. The van der Waals surface area contributed by atoms with Gasteiger partial charge in [-0.1, -0.05) is 28.1 Å². The van der Waals surface area contributed by atoms with Gasteiger partial charge in [-0.15, -0.1) is 0 Å². The van der Waals surface area contributed by atoms with Crippen molar-refractivity contribution < 1.29 is 9.21 Å². The molecule has 0 radical (unpaired) electrons. The Morgan fingerprint density at radius 1 is 1.21 bits per heavy atom. The van der Waals surface area contributed by atoms with E-state index < -0.39 is 0 Å². The monoisotopic (exact) mass is 385 g/mol. The summed E-state index contributed by atoms with van der Waals surface area (Å²) < 4.78 is 6.81. The second-order valence-electron chi connectivity index (χ2n) is 4.31. The van der Waals surface area contributed by atoms with Gasteiger partial charge >= 0.3 is 0 Å². The lowest BCUT2D eigenvalue weighted by Crippen LogP contribution is -2.33. The number of halogens is 2. The number of amides is 1. The summed E-state index contributed by atoms with van der Waals surface area (Å²) in [6, 6.07) is 11.4. The first-order valence-electron chi connectivity index (χ1n) is 5.85. The fourth-order valence-electron chi connectivity index (χ4n) is 1.76. The van der Waals surface area contributed by atoms with Gasteiger partial charge < -0.3 is 9.73 Å². The van der Waals surface area contributed by atoms with Crippen LogP contribution in [0.4, 0.5) is 0 Å². The van der Waals surface area contributed by atoms with Crippen molar-refractivity contribution in [3.63, 3.8) is 0 Å². The van der Waals surface area contributed by atoms with Crippen LogP contribution in [0.2, 0.25) is 0 Å². The zero-order chi connectivity index (χ0) is 13.8. The number of hydrogen-bond acceptors (Lipinski definition) is 2. The second-order valence-corrected chi connectivity index (χ2v) is 6.01. The summed E-state index contributed by atoms with van der Waals surface area (Å²) in [5.41, 5.74) is 1.18. The van der Waals surface area contributed by atoms with Gasteiger partial charge in [0.15, 0.2) is 10.4 Å². The minimum Gasteiger partial charge on any atom is -0.444 e. The maximum atomic E-state index is 11.9. The third-order valence-corrected chi connectivity index (χ3v) is 3.58. The molecule has 1 N–H and O–H groups in total. The SMILES string of the molecule is CC(Cc1ccc(Br)cc1)NC(=O)c1ccc(Br)o1. The van der Waals surface area contributed by atoms with Crippen LogP contribution in [0.25, 0.3) is 0 Å². The van der Waals surface area contributed by atoms with Gasteiger partial charge in [0.05, 0.1) is 0 Å². The van der Waals surface area contributed by atoms with E-state index in [4.69, 9.17) is 4.42 Å². The topological polar surface area (TPSA) is 42.2 Å². The second kappa shape index (κ2) is 6.39. The molecule has 1 unspecified atom stereocenters. The lowest BCUT2D eigenvalue weighted by Gasteiger charge is -2.13. The van der Waals surface area contributed by atoms with Gasteiger partial charge in [0.2, 0.25) is 0 Å². The Kier molecular flexibility index (Phi) is 4.82. The standard InChI is InChI=1S/C14H13Br2NO2/c1-9(8-10-2-4-11(15)5-3-10)17-14(18)12-6-7-13(16)19-12/h2-7,9H,8H2,1H3,(H,17,18). The van der Waals surface area contributed by atoms with Gasteiger partial charge in [0.1, 0.15) is 0 Å². The molecule has 1 amide bonds. The smallest absolute Gasteiger partial charge is 0.287 e. The molecular weight excluding hydrogens is 374 g/mol. The van der Waals surface area contributed by atoms with Gasteiger partial charge in [0.25, 0.3) is 5.91 Å². The Balaban J connectivity index is 1.92. The molecule has 19 heavy (non-hydrogen) atoms. The van der Waals surface area contributed by atoms with Crippen molar-refractivity contribution in [3.8, 4) is 0 Å². The van der Waals surface area contributed by atoms with Crippen molar-refractivity contribution in [2.45, 2.75) is 19.4 Å². The van der Waals surface area contributed by atoms with Crippen LogP contribution in [-0.2, 0) is 6.42 Å². The maximum Gasteiger partial charge on any atom is 0.287 e. The highest BCUT2D eigenvalue weighted by molar-refractivity contribution is 9.10. The summed E-state index contributed by atoms with van der Waals surface area (Å²) >= 11 is 6.57. The van der Waals surface area contributed by atoms with Crippen molar-refractivity contribution in [3.05, 3.63) is 56.9 Å². The normalized spacial score (nSPS) is 12.2. The molecule has 0 saturated heterocycles. The summed E-state index contributed by atoms with van der Waals surface area (Å²) in [5, 5.41) is 2.91. The molecule has 0 saturated carbocycles. The van der Waals surface area contributed by atoms with E-state index in [9.17, 15) is 4.79 Å². The molecule has 1 aromatic carbocycles. The summed E-state index contributed by atoms with van der Waals surface area (Å²) in [4.78, 5) is 11.9. The minimum atomic E-state index is -0.199. The van der Waals surface area contributed by atoms with E-state index in [-0.39, 0.29) is 11.9 Å². The van der Waals surface area contributed by atoms with Crippen LogP contribution in [0, 0.1) is 0 Å². The average molecular weight is 387 g/mol. The van der Waals surface area contributed by atoms with Crippen molar-refractivity contribution in [1.29, 1.82) is 0 Å². The molecule has 1 atom stereocenters. The zero-order valence-electron chi connectivity index (χ0n) is 10.3. The number of nitrogens with one attached hydrogen (secondary N) is 1. The Morgan fingerprint density at radius 2 is 1.89 bits per heavy atom. The Bertz CT molecular complexity index is 563. The first kappa shape index (κ1) is 14.3. The molecule has 1 aromatic heterocycles. The van der Waals surface area contributed by atoms with E-state index in [1.54, 1.807) is 12.1 Å². The number of furan rings is 1. The van der Waals surface area contributed by atoms with Gasteiger partial charge in [-0.2, -0.15) is 0 Å². The number of rotatable bonds is 4. The highest BCUT2D eigenvalue weighted by atomic mass is 79.9. The van der Waals surface area contributed by atoms with Crippen molar-refractivity contribution in [2.24, 2.45) is 0 Å². The first-order valence-corrected chi connectivity index (χ1v) is 7.44. The number of carbonyl (C=O) groups excluding carboxylic acids is 1. The molecule has 0 spiro atoms. The van der Waals surface area contributed by atoms with Gasteiger partial charge in [-0.25, -0.2) is 0 Å². The highest BCUT2D eigenvalue weighted by Crippen LogP contribution is 2.15. The van der Waals surface area contributed by atoms with E-state index in [2.05, 4.69) is 37.2 Å². The van der Waals surface area contributed by atoms with Crippen LogP contribution < -0.4 is 5.32 Å². The zero-order valence-corrected chi connectivity index (χ0v) is 13.5. The van der Waals surface area contributed by atoms with E-state index in [0.717, 1.165) is 10.9 Å². The summed E-state index contributed by atoms with van der Waals surface area (Å²) in [7, 11) is 0. The third-order valence-electron chi connectivity index (χ3n) is 2.63. The summed E-state index contributed by atoms with van der Waals surface area (Å²) in [5.74, 6) is 0.116. The van der Waals surface area contributed by atoms with E-state index >= 15 is 0 Å². The Labute approximate surface area is 128 Å². The fraction of sp³-hybridized carbons (Fsp3) is 0.214. The van der Waals surface area contributed by atoms with Crippen molar-refractivity contribution in [1.82, 2.24) is 5.32 Å². The van der Waals surface area contributed by atoms with Gasteiger partial charge in [0, 0.05) is 10.5 Å². The molecule has 0 aliphatic carbocycles. The number of carbonyl (C=O) groups is 1. The van der Waals surface area contributed by atoms with E-state index in [0.29, 0.717) is 10.4 Å². The Hall–Kier alpha value is -1.07. The first-order chi connectivity index (χ1) is 9.04. The van der Waals surface area contributed by atoms with Crippen LogP contribution >= 0.6 is 31.9 Å². The largest absolute Gasteiger partial charge is 0.444 e. The molecule has 0 fully saturated rings. The quantitative estimate of drug-likeness (QED) is 0.856. The molecule has 0 aliphatic heterocycles. The lowest BCUT2D eigenvalue weighted by atomic mass is 10.1. The van der Waals surface area contributed by atoms with Gasteiger partial charge in [-0.3, -0.25) is 4.79 Å². The van der Waals surface area contributed by atoms with Crippen LogP contribution in [0.1, 0.15) is 23.0 Å². The fourth-order valence-corrected chi connectivity index (χ4v) is 2.33. The number of hydrogen-bond donors (Lipinski definition) is 1. The number of benzene rings is 1. The molecule has 2 rings (SSSR count). The molecule has 1 heterocycles. The molecule has 100 valence electrons.